The number of piperidine rings is 2. The quantitative estimate of drug-likeness (QED) is 0.753. The standard InChI is InChI=1S/C22H33N3O3/c1-17(2)28-18(3)21(27)24-13-9-22(10-14-24)8-6-20(26)25(16-22)12-7-19-5-4-11-23-15-19/h4-5,11,15,17-18H,6-10,12-14,16H2,1-3H3/t18-/m1/s1. The van der Waals surface area contributed by atoms with Crippen molar-refractivity contribution in [3.8, 4) is 0 Å². The number of pyridine rings is 1. The van der Waals surface area contributed by atoms with Crippen molar-refractivity contribution >= 4 is 11.8 Å². The number of carbonyl (C=O) groups excluding carboxylic acids is 2. The summed E-state index contributed by atoms with van der Waals surface area (Å²) in [6.45, 7) is 8.82. The molecular weight excluding hydrogens is 354 g/mol. The molecule has 0 bridgehead atoms. The molecule has 1 atom stereocenters. The van der Waals surface area contributed by atoms with Gasteiger partial charge in [0.2, 0.25) is 5.91 Å². The molecule has 0 aliphatic carbocycles. The molecule has 0 radical (unpaired) electrons. The van der Waals surface area contributed by atoms with Crippen molar-refractivity contribution in [2.75, 3.05) is 26.2 Å². The zero-order valence-electron chi connectivity index (χ0n) is 17.4. The Bertz CT molecular complexity index is 669. The number of carbonyl (C=O) groups is 2. The van der Waals surface area contributed by atoms with Gasteiger partial charge in [0.25, 0.3) is 5.91 Å². The monoisotopic (exact) mass is 387 g/mol. The fourth-order valence-electron chi connectivity index (χ4n) is 4.45. The molecule has 6 nitrogen and oxygen atoms in total. The van der Waals surface area contributed by atoms with Crippen LogP contribution in [0, 0.1) is 5.41 Å². The summed E-state index contributed by atoms with van der Waals surface area (Å²) < 4.78 is 5.66. The maximum atomic E-state index is 12.6. The van der Waals surface area contributed by atoms with Crippen molar-refractivity contribution in [3.63, 3.8) is 0 Å². The number of rotatable bonds is 6. The molecule has 2 fully saturated rings. The molecule has 0 aromatic carbocycles. The van der Waals surface area contributed by atoms with Crippen molar-refractivity contribution < 1.29 is 14.3 Å². The summed E-state index contributed by atoms with van der Waals surface area (Å²) in [5.74, 6) is 0.343. The molecule has 3 rings (SSSR count). The zero-order chi connectivity index (χ0) is 20.1. The molecular formula is C22H33N3O3. The highest BCUT2D eigenvalue weighted by molar-refractivity contribution is 5.80. The van der Waals surface area contributed by atoms with Crippen LogP contribution in [0.2, 0.25) is 0 Å². The molecule has 154 valence electrons. The van der Waals surface area contributed by atoms with Crippen LogP contribution < -0.4 is 0 Å². The third-order valence-corrected chi connectivity index (χ3v) is 6.10. The van der Waals surface area contributed by atoms with E-state index in [1.807, 2.05) is 42.8 Å². The summed E-state index contributed by atoms with van der Waals surface area (Å²) in [5, 5.41) is 0. The number of amides is 2. The normalized spacial score (nSPS) is 20.6. The van der Waals surface area contributed by atoms with E-state index in [9.17, 15) is 9.59 Å². The fraction of sp³-hybridized carbons (Fsp3) is 0.682. The number of nitrogens with zero attached hydrogens (tertiary/aromatic N) is 3. The molecule has 1 spiro atoms. The predicted molar refractivity (Wildman–Crippen MR) is 108 cm³/mol. The Morgan fingerprint density at radius 2 is 2.00 bits per heavy atom. The first kappa shape index (κ1) is 20.8. The van der Waals surface area contributed by atoms with E-state index in [0.717, 1.165) is 57.4 Å². The van der Waals surface area contributed by atoms with Gasteiger partial charge in [-0.25, -0.2) is 0 Å². The van der Waals surface area contributed by atoms with E-state index in [2.05, 4.69) is 11.1 Å². The third-order valence-electron chi connectivity index (χ3n) is 6.10. The van der Waals surface area contributed by atoms with Gasteiger partial charge in [0.15, 0.2) is 0 Å². The van der Waals surface area contributed by atoms with Crippen LogP contribution in [-0.4, -0.2) is 65.0 Å². The van der Waals surface area contributed by atoms with Gasteiger partial charge in [-0.3, -0.25) is 14.6 Å². The van der Waals surface area contributed by atoms with Gasteiger partial charge >= 0.3 is 0 Å². The lowest BCUT2D eigenvalue weighted by molar-refractivity contribution is -0.150. The lowest BCUT2D eigenvalue weighted by Gasteiger charge is -2.47. The summed E-state index contributed by atoms with van der Waals surface area (Å²) in [6.07, 6.45) is 7.62. The number of hydrogen-bond donors (Lipinski definition) is 0. The van der Waals surface area contributed by atoms with E-state index in [4.69, 9.17) is 4.74 Å². The Morgan fingerprint density at radius 1 is 1.25 bits per heavy atom. The minimum Gasteiger partial charge on any atom is -0.366 e. The minimum atomic E-state index is -0.391. The van der Waals surface area contributed by atoms with E-state index >= 15 is 0 Å². The predicted octanol–water partition coefficient (Wildman–Crippen LogP) is 2.67. The van der Waals surface area contributed by atoms with Gasteiger partial charge in [-0.05, 0) is 63.5 Å². The van der Waals surface area contributed by atoms with Gasteiger partial charge in [-0.15, -0.1) is 0 Å². The van der Waals surface area contributed by atoms with E-state index < -0.39 is 6.10 Å². The molecule has 1 aromatic rings. The average Bonchev–Trinajstić information content (AvgIpc) is 2.69. The van der Waals surface area contributed by atoms with Crippen LogP contribution in [-0.2, 0) is 20.7 Å². The second-order valence-corrected chi connectivity index (χ2v) is 8.58. The van der Waals surface area contributed by atoms with Crippen LogP contribution in [0.5, 0.6) is 0 Å². The first-order valence-corrected chi connectivity index (χ1v) is 10.5. The van der Waals surface area contributed by atoms with Crippen LogP contribution in [0.1, 0.15) is 52.0 Å². The summed E-state index contributed by atoms with van der Waals surface area (Å²) in [7, 11) is 0. The van der Waals surface area contributed by atoms with Crippen molar-refractivity contribution in [2.45, 2.75) is 65.1 Å². The zero-order valence-corrected chi connectivity index (χ0v) is 17.4. The molecule has 28 heavy (non-hydrogen) atoms. The molecule has 2 aliphatic rings. The molecule has 0 unspecified atom stereocenters. The van der Waals surface area contributed by atoms with Crippen LogP contribution in [0.3, 0.4) is 0 Å². The molecule has 1 aromatic heterocycles. The number of likely N-dealkylation sites (tertiary alicyclic amines) is 2. The first-order valence-electron chi connectivity index (χ1n) is 10.5. The lowest BCUT2D eigenvalue weighted by Crippen LogP contribution is -2.53. The third kappa shape index (κ3) is 5.10. The van der Waals surface area contributed by atoms with Crippen LogP contribution in [0.15, 0.2) is 24.5 Å². The Morgan fingerprint density at radius 3 is 2.64 bits per heavy atom. The van der Waals surface area contributed by atoms with E-state index in [-0.39, 0.29) is 23.3 Å². The summed E-state index contributed by atoms with van der Waals surface area (Å²) in [6, 6.07) is 3.99. The first-order chi connectivity index (χ1) is 13.4. The molecule has 2 amide bonds. The van der Waals surface area contributed by atoms with Crippen molar-refractivity contribution in [2.24, 2.45) is 5.41 Å². The van der Waals surface area contributed by atoms with Gasteiger partial charge in [0, 0.05) is 45.0 Å². The smallest absolute Gasteiger partial charge is 0.251 e. The lowest BCUT2D eigenvalue weighted by atomic mass is 9.72. The van der Waals surface area contributed by atoms with Crippen LogP contribution >= 0.6 is 0 Å². The van der Waals surface area contributed by atoms with E-state index in [1.165, 1.54) is 0 Å². The second kappa shape index (κ2) is 9.03. The highest BCUT2D eigenvalue weighted by atomic mass is 16.5. The van der Waals surface area contributed by atoms with Crippen LogP contribution in [0.4, 0.5) is 0 Å². The highest BCUT2D eigenvalue weighted by Crippen LogP contribution is 2.40. The van der Waals surface area contributed by atoms with Crippen LogP contribution in [0.25, 0.3) is 0 Å². The fourth-order valence-corrected chi connectivity index (χ4v) is 4.45. The molecule has 2 aliphatic heterocycles. The Balaban J connectivity index is 1.54. The molecule has 2 saturated heterocycles. The van der Waals surface area contributed by atoms with Gasteiger partial charge in [0.1, 0.15) is 6.10 Å². The van der Waals surface area contributed by atoms with Gasteiger partial charge in [0.05, 0.1) is 6.10 Å². The largest absolute Gasteiger partial charge is 0.366 e. The second-order valence-electron chi connectivity index (χ2n) is 8.58. The van der Waals surface area contributed by atoms with Gasteiger partial charge < -0.3 is 14.5 Å². The number of aromatic nitrogens is 1. The molecule has 0 saturated carbocycles. The number of hydrogen-bond acceptors (Lipinski definition) is 4. The molecule has 6 heteroatoms. The summed E-state index contributed by atoms with van der Waals surface area (Å²) in [5.41, 5.74) is 1.32. The Labute approximate surface area is 168 Å². The summed E-state index contributed by atoms with van der Waals surface area (Å²) >= 11 is 0. The topological polar surface area (TPSA) is 62.7 Å². The van der Waals surface area contributed by atoms with Crippen molar-refractivity contribution in [3.05, 3.63) is 30.1 Å². The van der Waals surface area contributed by atoms with Gasteiger partial charge in [-0.1, -0.05) is 6.07 Å². The average molecular weight is 388 g/mol. The number of ether oxygens (including phenoxy) is 1. The maximum absolute atomic E-state index is 12.6. The Hall–Kier alpha value is -1.95. The SMILES string of the molecule is CC(C)O[C@H](C)C(=O)N1CCC2(CCC(=O)N(CCc3cccnc3)C2)CC1. The Kier molecular flexibility index (Phi) is 6.70. The summed E-state index contributed by atoms with van der Waals surface area (Å²) in [4.78, 5) is 33.2. The minimum absolute atomic E-state index is 0.0489. The highest BCUT2D eigenvalue weighted by Gasteiger charge is 2.42. The van der Waals surface area contributed by atoms with E-state index in [1.54, 1.807) is 6.20 Å². The van der Waals surface area contributed by atoms with Crippen molar-refractivity contribution in [1.82, 2.24) is 14.8 Å². The molecule has 0 N–H and O–H groups in total. The van der Waals surface area contributed by atoms with Gasteiger partial charge in [-0.2, -0.15) is 0 Å². The van der Waals surface area contributed by atoms with E-state index in [0.29, 0.717) is 6.42 Å². The van der Waals surface area contributed by atoms with Crippen molar-refractivity contribution in [1.29, 1.82) is 0 Å². The maximum Gasteiger partial charge on any atom is 0.251 e. The molecule has 3 heterocycles.